The highest BCUT2D eigenvalue weighted by atomic mass is 16.4. The summed E-state index contributed by atoms with van der Waals surface area (Å²) < 4.78 is 4.94. The first kappa shape index (κ1) is 6.98. The summed E-state index contributed by atoms with van der Waals surface area (Å²) in [6.07, 6.45) is 0. The van der Waals surface area contributed by atoms with E-state index in [0.29, 0.717) is 0 Å². The second-order valence-corrected chi connectivity index (χ2v) is 1.80. The molecule has 3 heteroatoms. The lowest BCUT2D eigenvalue weighted by Crippen LogP contribution is -2.31. The third-order valence-electron chi connectivity index (χ3n) is 1.07. The molecule has 0 aliphatic heterocycles. The second kappa shape index (κ2) is 3.05. The Labute approximate surface area is 45.6 Å². The Hall–Kier alpha value is -0.0151. The molecular weight excluding hydrogens is 88.9 g/mol. The molecular formula is C4H12BNO. The van der Waals surface area contributed by atoms with Gasteiger partial charge in [0, 0.05) is 7.11 Å². The summed E-state index contributed by atoms with van der Waals surface area (Å²) in [5.74, 6) is 0. The molecule has 42 valence electrons. The molecule has 0 saturated carbocycles. The van der Waals surface area contributed by atoms with Gasteiger partial charge in [-0.1, -0.05) is 0 Å². The summed E-state index contributed by atoms with van der Waals surface area (Å²) in [4.78, 5) is 2.00. The quantitative estimate of drug-likeness (QED) is 0.464. The molecule has 0 fully saturated rings. The van der Waals surface area contributed by atoms with Crippen LogP contribution in [0.2, 0.25) is 6.82 Å². The van der Waals surface area contributed by atoms with Crippen LogP contribution < -0.4 is 0 Å². The Morgan fingerprint density at radius 2 is 1.86 bits per heavy atom. The zero-order valence-corrected chi connectivity index (χ0v) is 5.43. The molecule has 0 aliphatic rings. The third kappa shape index (κ3) is 2.65. The van der Waals surface area contributed by atoms with Gasteiger partial charge in [-0.25, -0.2) is 0 Å². The van der Waals surface area contributed by atoms with Gasteiger partial charge in [-0.15, -0.1) is 0 Å². The molecule has 0 aromatic rings. The van der Waals surface area contributed by atoms with Crippen molar-refractivity contribution < 1.29 is 4.65 Å². The van der Waals surface area contributed by atoms with E-state index in [2.05, 4.69) is 0 Å². The average molecular weight is 101 g/mol. The first-order valence-electron chi connectivity index (χ1n) is 2.37. The lowest BCUT2D eigenvalue weighted by molar-refractivity contribution is 0.369. The zero-order chi connectivity index (χ0) is 5.86. The van der Waals surface area contributed by atoms with E-state index < -0.39 is 0 Å². The van der Waals surface area contributed by atoms with Crippen LogP contribution in [0.25, 0.3) is 0 Å². The normalized spacial score (nSPS) is 9.86. The second-order valence-electron chi connectivity index (χ2n) is 1.80. The van der Waals surface area contributed by atoms with Gasteiger partial charge in [0.1, 0.15) is 0 Å². The first-order valence-corrected chi connectivity index (χ1v) is 2.37. The minimum Gasteiger partial charge on any atom is -0.424 e. The van der Waals surface area contributed by atoms with Crippen molar-refractivity contribution in [2.24, 2.45) is 0 Å². The molecule has 0 aromatic heterocycles. The summed E-state index contributed by atoms with van der Waals surface area (Å²) in [7, 11) is 5.90. The smallest absolute Gasteiger partial charge is 0.378 e. The summed E-state index contributed by atoms with van der Waals surface area (Å²) in [5, 5.41) is 0. The molecule has 7 heavy (non-hydrogen) atoms. The molecule has 0 saturated heterocycles. The van der Waals surface area contributed by atoms with Gasteiger partial charge in [0.2, 0.25) is 0 Å². The number of hydrogen-bond donors (Lipinski definition) is 0. The fourth-order valence-corrected chi connectivity index (χ4v) is 0.211. The summed E-state index contributed by atoms with van der Waals surface area (Å²) in [6.45, 7) is 2.00. The van der Waals surface area contributed by atoms with Crippen LogP contribution in [-0.2, 0) is 4.65 Å². The van der Waals surface area contributed by atoms with Crippen LogP contribution in [0.15, 0.2) is 0 Å². The summed E-state index contributed by atoms with van der Waals surface area (Å²) >= 11 is 0. The fourth-order valence-electron chi connectivity index (χ4n) is 0.211. The van der Waals surface area contributed by atoms with Gasteiger partial charge < -0.3 is 9.47 Å². The van der Waals surface area contributed by atoms with Crippen LogP contribution in [0, 0.1) is 0 Å². The summed E-state index contributed by atoms with van der Waals surface area (Å²) in [5.41, 5.74) is 0. The molecule has 0 unspecified atom stereocenters. The van der Waals surface area contributed by atoms with Crippen molar-refractivity contribution in [2.45, 2.75) is 6.82 Å². The van der Waals surface area contributed by atoms with Crippen molar-refractivity contribution in [3.8, 4) is 0 Å². The van der Waals surface area contributed by atoms with Crippen molar-refractivity contribution in [1.29, 1.82) is 0 Å². The van der Waals surface area contributed by atoms with Gasteiger partial charge >= 0.3 is 7.05 Å². The monoisotopic (exact) mass is 101 g/mol. The molecule has 0 radical (unpaired) electrons. The maximum absolute atomic E-state index is 4.94. The molecule has 0 bridgehead atoms. The number of nitrogens with zero attached hydrogens (tertiary/aromatic N) is 1. The van der Waals surface area contributed by atoms with Gasteiger partial charge in [-0.05, 0) is 20.9 Å². The van der Waals surface area contributed by atoms with Crippen molar-refractivity contribution in [2.75, 3.05) is 21.2 Å². The van der Waals surface area contributed by atoms with E-state index in [9.17, 15) is 0 Å². The number of hydrogen-bond acceptors (Lipinski definition) is 2. The molecule has 0 rings (SSSR count). The first-order chi connectivity index (χ1) is 3.18. The minimum atomic E-state index is 0.236. The van der Waals surface area contributed by atoms with Crippen molar-refractivity contribution in [3.63, 3.8) is 0 Å². The standard InChI is InChI=1S/C4H12BNO/c1-5(7-4)6(2)3/h1-4H3. The van der Waals surface area contributed by atoms with Crippen LogP contribution in [0.1, 0.15) is 0 Å². The molecule has 2 nitrogen and oxygen atoms in total. The van der Waals surface area contributed by atoms with Gasteiger partial charge in [-0.3, -0.25) is 0 Å². The lowest BCUT2D eigenvalue weighted by atomic mass is 9.86. The third-order valence-corrected chi connectivity index (χ3v) is 1.07. The van der Waals surface area contributed by atoms with Crippen LogP contribution in [0.5, 0.6) is 0 Å². The molecule has 0 aliphatic carbocycles. The molecule has 0 amide bonds. The van der Waals surface area contributed by atoms with Gasteiger partial charge in [0.15, 0.2) is 0 Å². The Kier molecular flexibility index (Phi) is 3.04. The van der Waals surface area contributed by atoms with Gasteiger partial charge in [0.05, 0.1) is 0 Å². The lowest BCUT2D eigenvalue weighted by Gasteiger charge is -2.11. The highest BCUT2D eigenvalue weighted by Crippen LogP contribution is 1.83. The van der Waals surface area contributed by atoms with Crippen LogP contribution in [0.4, 0.5) is 0 Å². The average Bonchev–Trinajstić information content (AvgIpc) is 1.65. The van der Waals surface area contributed by atoms with E-state index >= 15 is 0 Å². The fraction of sp³-hybridized carbons (Fsp3) is 1.00. The Balaban J connectivity index is 3.14. The maximum atomic E-state index is 4.94. The molecule has 0 spiro atoms. The van der Waals surface area contributed by atoms with Crippen molar-refractivity contribution in [3.05, 3.63) is 0 Å². The highest BCUT2D eigenvalue weighted by Gasteiger charge is 2.06. The Bertz CT molecular complexity index is 49.0. The molecule has 0 aromatic carbocycles. The van der Waals surface area contributed by atoms with Crippen LogP contribution in [0.3, 0.4) is 0 Å². The van der Waals surface area contributed by atoms with E-state index in [-0.39, 0.29) is 7.05 Å². The van der Waals surface area contributed by atoms with E-state index in [1.165, 1.54) is 0 Å². The van der Waals surface area contributed by atoms with Gasteiger partial charge in [-0.2, -0.15) is 0 Å². The minimum absolute atomic E-state index is 0.236. The van der Waals surface area contributed by atoms with Crippen LogP contribution in [-0.4, -0.2) is 33.1 Å². The van der Waals surface area contributed by atoms with Crippen molar-refractivity contribution >= 4 is 7.05 Å². The summed E-state index contributed by atoms with van der Waals surface area (Å²) in [6, 6.07) is 0. The SMILES string of the molecule is COB(C)N(C)C. The molecule has 0 heterocycles. The predicted molar refractivity (Wildman–Crippen MR) is 32.3 cm³/mol. The Morgan fingerprint density at radius 1 is 1.43 bits per heavy atom. The van der Waals surface area contributed by atoms with Gasteiger partial charge in [0.25, 0.3) is 0 Å². The zero-order valence-electron chi connectivity index (χ0n) is 5.43. The van der Waals surface area contributed by atoms with Crippen LogP contribution >= 0.6 is 0 Å². The van der Waals surface area contributed by atoms with E-state index in [0.717, 1.165) is 0 Å². The topological polar surface area (TPSA) is 12.5 Å². The predicted octanol–water partition coefficient (Wildman–Crippen LogP) is 0.312. The van der Waals surface area contributed by atoms with E-state index in [1.54, 1.807) is 7.11 Å². The molecule has 0 atom stereocenters. The largest absolute Gasteiger partial charge is 0.424 e. The number of rotatable bonds is 2. The van der Waals surface area contributed by atoms with Crippen molar-refractivity contribution in [1.82, 2.24) is 4.81 Å². The van der Waals surface area contributed by atoms with E-state index in [4.69, 9.17) is 4.65 Å². The maximum Gasteiger partial charge on any atom is 0.378 e. The highest BCUT2D eigenvalue weighted by molar-refractivity contribution is 6.46. The Morgan fingerprint density at radius 3 is 1.86 bits per heavy atom. The molecule has 0 N–H and O–H groups in total. The van der Waals surface area contributed by atoms with E-state index in [1.807, 2.05) is 25.7 Å².